The van der Waals surface area contributed by atoms with E-state index >= 15 is 0 Å². The van der Waals surface area contributed by atoms with Gasteiger partial charge in [-0.25, -0.2) is 9.78 Å². The lowest BCUT2D eigenvalue weighted by molar-refractivity contribution is -0.286. The topological polar surface area (TPSA) is 140 Å². The van der Waals surface area contributed by atoms with Gasteiger partial charge in [0.2, 0.25) is 0 Å². The minimum Gasteiger partial charge on any atom is -0.458 e. The number of ether oxygens (including phenoxy) is 4. The molecule has 3 fully saturated rings. The molecule has 13 atom stereocenters. The van der Waals surface area contributed by atoms with Crippen molar-refractivity contribution < 1.29 is 38.4 Å². The molecule has 4 aliphatic heterocycles. The summed E-state index contributed by atoms with van der Waals surface area (Å²) in [4.78, 5) is 57.0. The Bertz CT molecular complexity index is 2020. The van der Waals surface area contributed by atoms with Crippen LogP contribution in [0, 0.1) is 52.8 Å². The second-order valence-electron chi connectivity index (χ2n) is 17.5. The van der Waals surface area contributed by atoms with Gasteiger partial charge in [0.1, 0.15) is 23.8 Å². The Morgan fingerprint density at radius 1 is 1.02 bits per heavy atom. The number of hydrogen-bond donors (Lipinski definition) is 1. The first-order valence-corrected chi connectivity index (χ1v) is 21.7. The van der Waals surface area contributed by atoms with E-state index < -0.39 is 65.6 Å². The highest BCUT2D eigenvalue weighted by Gasteiger charge is 2.60. The Labute approximate surface area is 353 Å². The standard InChI is InChI=1S/C46H60N4O8S/c1-11-36-46(8)40-29(4)37(48-23-24-50(40)44(54)58-46)27(2)26-45(7,21-14-16-33-19-20-34(59-33)18-17-32-15-12-13-22-47-32)41(30(5)38(51)31(6)42(53)56-36)57-43-39(52)35(49(9)10)25-28(3)55-43/h12-13,15,19-20,22,27-31,35-36,39-41,43,52H,11,21,23-26H2,1-10H3/t27-,28-,29+,30+,31-,35+,36-,39-,40-,41-,43?,45+,46-/m1/s1. The SMILES string of the molecule is CC[C@H]1OC(=O)[C@H](C)C(=O)[C@H](C)[C@@H](OC2O[C@H](C)C[C@H](N(C)C)[C@H]2O)[C@@](C)(CC#Cc2ccc(C#Cc3ccccn3)s2)C[C@@H](C)C2=NCCN3C(=O)O[C@@]1(C)[C@H]3[C@H]2C. The molecule has 0 spiro atoms. The van der Waals surface area contributed by atoms with Crippen LogP contribution < -0.4 is 0 Å². The van der Waals surface area contributed by atoms with Crippen molar-refractivity contribution in [3.8, 4) is 23.7 Å². The number of hydrogen-bond acceptors (Lipinski definition) is 12. The number of carbonyl (C=O) groups excluding carboxylic acids is 3. The number of thiophene rings is 1. The summed E-state index contributed by atoms with van der Waals surface area (Å²) in [5.74, 6) is 9.59. The first kappa shape index (κ1) is 44.4. The van der Waals surface area contributed by atoms with Gasteiger partial charge in [0.15, 0.2) is 17.7 Å². The van der Waals surface area contributed by atoms with Crippen molar-refractivity contribution in [3.05, 3.63) is 52.0 Å². The zero-order chi connectivity index (χ0) is 42.8. The first-order valence-electron chi connectivity index (χ1n) is 20.9. The quantitative estimate of drug-likeness (QED) is 0.218. The van der Waals surface area contributed by atoms with Gasteiger partial charge in [0.05, 0.1) is 34.5 Å². The Kier molecular flexibility index (Phi) is 13.7. The fourth-order valence-corrected chi connectivity index (χ4v) is 10.6. The van der Waals surface area contributed by atoms with Crippen LogP contribution in [0.5, 0.6) is 0 Å². The van der Waals surface area contributed by atoms with E-state index in [1.54, 1.807) is 24.9 Å². The lowest BCUT2D eigenvalue weighted by Gasteiger charge is -2.47. The summed E-state index contributed by atoms with van der Waals surface area (Å²) >= 11 is 1.49. The number of aliphatic hydroxyl groups excluding tert-OH is 1. The highest BCUT2D eigenvalue weighted by molar-refractivity contribution is 7.13. The van der Waals surface area contributed by atoms with E-state index in [2.05, 4.69) is 49.4 Å². The number of Topliss-reactive ketones (excluding diaryl/α,β-unsaturated/α-hetero) is 1. The van der Waals surface area contributed by atoms with Crippen molar-refractivity contribution in [2.75, 3.05) is 27.2 Å². The number of pyridine rings is 1. The average Bonchev–Trinajstić information content (AvgIpc) is 3.70. The van der Waals surface area contributed by atoms with Crippen LogP contribution in [0.15, 0.2) is 41.5 Å². The normalized spacial score (nSPS) is 36.5. The van der Waals surface area contributed by atoms with E-state index in [9.17, 15) is 19.5 Å². The second-order valence-corrected chi connectivity index (χ2v) is 18.6. The third-order valence-corrected chi connectivity index (χ3v) is 13.7. The van der Waals surface area contributed by atoms with Crippen LogP contribution in [0.25, 0.3) is 0 Å². The molecule has 6 rings (SSSR count). The molecule has 1 amide bonds. The van der Waals surface area contributed by atoms with Crippen molar-refractivity contribution in [2.45, 2.75) is 129 Å². The molecule has 1 N–H and O–H groups in total. The molecular formula is C46H60N4O8S. The molecule has 13 heteroatoms. The molecule has 0 radical (unpaired) electrons. The molecule has 2 aromatic heterocycles. The third kappa shape index (κ3) is 9.30. The summed E-state index contributed by atoms with van der Waals surface area (Å²) in [7, 11) is 3.83. The van der Waals surface area contributed by atoms with Crippen LogP contribution in [0.4, 0.5) is 4.79 Å². The van der Waals surface area contributed by atoms with Gasteiger partial charge in [-0.05, 0) is 96.2 Å². The van der Waals surface area contributed by atoms with E-state index in [4.69, 9.17) is 23.9 Å². The minimum absolute atomic E-state index is 0.158. The lowest BCUT2D eigenvalue weighted by Crippen LogP contribution is -2.58. The number of cyclic esters (lactones) is 1. The van der Waals surface area contributed by atoms with Crippen LogP contribution in [0.3, 0.4) is 0 Å². The van der Waals surface area contributed by atoms with Crippen molar-refractivity contribution >= 4 is 34.9 Å². The zero-order valence-corrected chi connectivity index (χ0v) is 36.9. The van der Waals surface area contributed by atoms with Crippen molar-refractivity contribution in [1.29, 1.82) is 0 Å². The summed E-state index contributed by atoms with van der Waals surface area (Å²) in [6.45, 7) is 16.0. The van der Waals surface area contributed by atoms with E-state index in [0.29, 0.717) is 44.5 Å². The number of likely N-dealkylation sites (N-methyl/N-ethyl adjacent to an activating group) is 1. The molecule has 3 saturated heterocycles. The average molecular weight is 829 g/mol. The molecule has 0 aliphatic carbocycles. The maximum atomic E-state index is 14.7. The fraction of sp³-hybridized carbons (Fsp3) is 0.630. The Morgan fingerprint density at radius 2 is 1.75 bits per heavy atom. The number of fused-ring (bicyclic) bond motifs is 1. The number of carbonyl (C=O) groups is 3. The van der Waals surface area contributed by atoms with Gasteiger partial charge in [-0.2, -0.15) is 0 Å². The van der Waals surface area contributed by atoms with Gasteiger partial charge >= 0.3 is 12.1 Å². The first-order chi connectivity index (χ1) is 28.0. The number of aromatic nitrogens is 1. The molecular weight excluding hydrogens is 769 g/mol. The van der Waals surface area contributed by atoms with Crippen LogP contribution in [0.2, 0.25) is 0 Å². The largest absolute Gasteiger partial charge is 0.458 e. The van der Waals surface area contributed by atoms with Gasteiger partial charge in [-0.3, -0.25) is 19.5 Å². The van der Waals surface area contributed by atoms with Crippen molar-refractivity contribution in [2.24, 2.45) is 34.1 Å². The zero-order valence-electron chi connectivity index (χ0n) is 36.1. The summed E-state index contributed by atoms with van der Waals surface area (Å²) in [5, 5.41) is 11.7. The predicted octanol–water partition coefficient (Wildman–Crippen LogP) is 5.98. The van der Waals surface area contributed by atoms with E-state index in [-0.39, 0.29) is 29.8 Å². The number of ketones is 1. The molecule has 4 aliphatic rings. The molecule has 12 nitrogen and oxygen atoms in total. The number of esters is 1. The maximum Gasteiger partial charge on any atom is 0.410 e. The highest BCUT2D eigenvalue weighted by Crippen LogP contribution is 2.46. The molecule has 1 unspecified atom stereocenters. The Balaban J connectivity index is 1.43. The second kappa shape index (κ2) is 18.2. The molecule has 2 aromatic rings. The number of aliphatic hydroxyl groups is 1. The van der Waals surface area contributed by atoms with Gasteiger partial charge in [-0.15, -0.1) is 11.3 Å². The van der Waals surface area contributed by atoms with Crippen LogP contribution in [-0.4, -0.2) is 119 Å². The smallest absolute Gasteiger partial charge is 0.410 e. The number of nitrogens with zero attached hydrogens (tertiary/aromatic N) is 4. The van der Waals surface area contributed by atoms with Crippen LogP contribution in [0.1, 0.15) is 96.5 Å². The molecule has 0 aromatic carbocycles. The summed E-state index contributed by atoms with van der Waals surface area (Å²) in [6, 6.07) is 8.78. The van der Waals surface area contributed by atoms with E-state index in [0.717, 1.165) is 15.5 Å². The highest BCUT2D eigenvalue weighted by atomic mass is 32.1. The number of aliphatic imine (C=N–C) groups is 1. The van der Waals surface area contributed by atoms with E-state index in [1.165, 1.54) is 11.3 Å². The summed E-state index contributed by atoms with van der Waals surface area (Å²) in [5.41, 5.74) is -0.436. The molecule has 318 valence electrons. The van der Waals surface area contributed by atoms with Gasteiger partial charge < -0.3 is 29.0 Å². The van der Waals surface area contributed by atoms with Gasteiger partial charge in [-0.1, -0.05) is 52.5 Å². The molecule has 0 saturated carbocycles. The summed E-state index contributed by atoms with van der Waals surface area (Å²) in [6.07, 6.45) is -0.944. The number of rotatable bonds is 5. The molecule has 2 bridgehead atoms. The van der Waals surface area contributed by atoms with E-state index in [1.807, 2.05) is 70.1 Å². The molecule has 6 heterocycles. The lowest BCUT2D eigenvalue weighted by atomic mass is 9.66. The number of amides is 1. The minimum atomic E-state index is -1.18. The van der Waals surface area contributed by atoms with Gasteiger partial charge in [0, 0.05) is 48.2 Å². The molecule has 59 heavy (non-hydrogen) atoms. The van der Waals surface area contributed by atoms with Crippen LogP contribution in [-0.2, 0) is 28.5 Å². The van der Waals surface area contributed by atoms with Crippen molar-refractivity contribution in [1.82, 2.24) is 14.8 Å². The summed E-state index contributed by atoms with van der Waals surface area (Å²) < 4.78 is 25.6. The fourth-order valence-electron chi connectivity index (χ4n) is 9.83. The maximum absolute atomic E-state index is 14.7. The van der Waals surface area contributed by atoms with Crippen LogP contribution >= 0.6 is 11.3 Å². The van der Waals surface area contributed by atoms with Gasteiger partial charge in [0.25, 0.3) is 0 Å². The third-order valence-electron chi connectivity index (χ3n) is 12.8. The predicted molar refractivity (Wildman–Crippen MR) is 226 cm³/mol. The van der Waals surface area contributed by atoms with Crippen molar-refractivity contribution in [3.63, 3.8) is 0 Å². The Hall–Kier alpha value is -4.11. The monoisotopic (exact) mass is 828 g/mol. The Morgan fingerprint density at radius 3 is 2.42 bits per heavy atom.